The smallest absolute Gasteiger partial charge is 0.322 e. The average Bonchev–Trinajstić information content (AvgIpc) is 2.48. The Bertz CT molecular complexity index is 917. The van der Waals surface area contributed by atoms with Gasteiger partial charge in [-0.05, 0) is 0 Å². The number of H-pyrrole nitrogens is 2. The summed E-state index contributed by atoms with van der Waals surface area (Å²) in [4.78, 5) is 36.2. The standard InChI is InChI=1S/C9H4F2N4O5/c10-2-1-3-4(6(5(2)11)15(19)20)8(16)13-7(14-18)9(17)12-3/h1,18H,(H2,12,13,14,16,17). The molecule has 0 fully saturated rings. The van der Waals surface area contributed by atoms with Gasteiger partial charge in [0, 0.05) is 6.07 Å². The summed E-state index contributed by atoms with van der Waals surface area (Å²) in [7, 11) is 0. The minimum atomic E-state index is -1.84. The number of nitrogens with zero attached hydrogens (tertiary/aromatic N) is 2. The van der Waals surface area contributed by atoms with Gasteiger partial charge in [-0.1, -0.05) is 5.16 Å². The molecule has 11 heteroatoms. The van der Waals surface area contributed by atoms with Crippen molar-refractivity contribution in [2.75, 3.05) is 0 Å². The Morgan fingerprint density at radius 3 is 2.45 bits per heavy atom. The maximum absolute atomic E-state index is 13.4. The SMILES string of the molecule is O=c1[nH]c2cc(F)c(F)c([N+](=O)[O-])c2c(=O)[nH]c1=NO. The van der Waals surface area contributed by atoms with Crippen molar-refractivity contribution < 1.29 is 18.9 Å². The first kappa shape index (κ1) is 13.3. The molecule has 1 aromatic carbocycles. The third-order valence-corrected chi connectivity index (χ3v) is 2.40. The second-order valence-corrected chi connectivity index (χ2v) is 3.56. The van der Waals surface area contributed by atoms with Gasteiger partial charge in [-0.2, -0.15) is 4.39 Å². The van der Waals surface area contributed by atoms with E-state index in [4.69, 9.17) is 5.21 Å². The van der Waals surface area contributed by atoms with E-state index < -0.39 is 49.8 Å². The van der Waals surface area contributed by atoms with Crippen molar-refractivity contribution in [2.24, 2.45) is 5.16 Å². The van der Waals surface area contributed by atoms with Crippen LogP contribution in [-0.4, -0.2) is 20.1 Å². The van der Waals surface area contributed by atoms with E-state index in [1.54, 1.807) is 4.98 Å². The van der Waals surface area contributed by atoms with Crippen molar-refractivity contribution in [1.82, 2.24) is 9.97 Å². The summed E-state index contributed by atoms with van der Waals surface area (Å²) in [5.41, 5.74) is -5.37. The molecule has 1 heterocycles. The van der Waals surface area contributed by atoms with Crippen LogP contribution in [-0.2, 0) is 0 Å². The second kappa shape index (κ2) is 4.53. The van der Waals surface area contributed by atoms with Gasteiger partial charge in [0.15, 0.2) is 5.82 Å². The lowest BCUT2D eigenvalue weighted by Gasteiger charge is -1.98. The lowest BCUT2D eigenvalue weighted by molar-refractivity contribution is -0.386. The molecule has 0 spiro atoms. The predicted molar refractivity (Wildman–Crippen MR) is 59.1 cm³/mol. The highest BCUT2D eigenvalue weighted by molar-refractivity contribution is 5.86. The van der Waals surface area contributed by atoms with Crippen molar-refractivity contribution >= 4 is 16.6 Å². The average molecular weight is 286 g/mol. The quantitative estimate of drug-likeness (QED) is 0.374. The summed E-state index contributed by atoms with van der Waals surface area (Å²) in [6.45, 7) is 0. The summed E-state index contributed by atoms with van der Waals surface area (Å²) in [5, 5.41) is 20.8. The molecule has 9 nitrogen and oxygen atoms in total. The summed E-state index contributed by atoms with van der Waals surface area (Å²) < 4.78 is 26.7. The molecule has 2 rings (SSSR count). The number of hydrogen-bond acceptors (Lipinski definition) is 6. The van der Waals surface area contributed by atoms with E-state index in [0.29, 0.717) is 6.07 Å². The Balaban J connectivity index is 3.28. The lowest BCUT2D eigenvalue weighted by atomic mass is 10.2. The first-order chi connectivity index (χ1) is 9.36. The van der Waals surface area contributed by atoms with Gasteiger partial charge >= 0.3 is 5.69 Å². The molecule has 3 N–H and O–H groups in total. The number of aromatic amines is 2. The molecule has 2 aromatic rings. The fraction of sp³-hybridized carbons (Fsp3) is 0. The van der Waals surface area contributed by atoms with Gasteiger partial charge in [0.25, 0.3) is 11.1 Å². The third kappa shape index (κ3) is 1.90. The van der Waals surface area contributed by atoms with Crippen molar-refractivity contribution in [1.29, 1.82) is 0 Å². The van der Waals surface area contributed by atoms with Gasteiger partial charge in [0.1, 0.15) is 5.39 Å². The van der Waals surface area contributed by atoms with Crippen LogP contribution < -0.4 is 16.6 Å². The topological polar surface area (TPSA) is 141 Å². The summed E-state index contributed by atoms with van der Waals surface area (Å²) in [5.74, 6) is -3.46. The number of fused-ring (bicyclic) bond motifs is 1. The minimum Gasteiger partial charge on any atom is -0.409 e. The summed E-state index contributed by atoms with van der Waals surface area (Å²) in [6, 6.07) is 0.412. The molecule has 0 saturated carbocycles. The summed E-state index contributed by atoms with van der Waals surface area (Å²) in [6.07, 6.45) is 0. The highest BCUT2D eigenvalue weighted by atomic mass is 19.2. The molecular formula is C9H4F2N4O5. The van der Waals surface area contributed by atoms with E-state index in [1.165, 1.54) is 0 Å². The zero-order valence-electron chi connectivity index (χ0n) is 9.31. The van der Waals surface area contributed by atoms with Crippen molar-refractivity contribution in [3.05, 3.63) is 54.0 Å². The lowest BCUT2D eigenvalue weighted by Crippen LogP contribution is -2.30. The number of nitro benzene ring substituents is 1. The maximum atomic E-state index is 13.4. The fourth-order valence-corrected chi connectivity index (χ4v) is 1.59. The molecule has 0 radical (unpaired) electrons. The van der Waals surface area contributed by atoms with Crippen LogP contribution in [0.1, 0.15) is 0 Å². The molecule has 1 aromatic heterocycles. The number of nitro groups is 1. The van der Waals surface area contributed by atoms with Gasteiger partial charge in [0.2, 0.25) is 11.3 Å². The highest BCUT2D eigenvalue weighted by Gasteiger charge is 2.26. The Kier molecular flexibility index (Phi) is 3.02. The Labute approximate surface area is 106 Å². The number of rotatable bonds is 1. The predicted octanol–water partition coefficient (Wildman–Crippen LogP) is -0.307. The molecule has 0 aliphatic heterocycles. The van der Waals surface area contributed by atoms with Gasteiger partial charge in [-0.15, -0.1) is 0 Å². The Morgan fingerprint density at radius 2 is 1.90 bits per heavy atom. The number of benzene rings is 1. The molecule has 0 amide bonds. The van der Waals surface area contributed by atoms with E-state index in [1.807, 2.05) is 4.98 Å². The van der Waals surface area contributed by atoms with Gasteiger partial charge in [-0.3, -0.25) is 24.7 Å². The first-order valence-electron chi connectivity index (χ1n) is 4.88. The van der Waals surface area contributed by atoms with Gasteiger partial charge in [-0.25, -0.2) is 4.39 Å². The molecule has 0 aliphatic rings. The fourth-order valence-electron chi connectivity index (χ4n) is 1.59. The van der Waals surface area contributed by atoms with Crippen LogP contribution >= 0.6 is 0 Å². The number of aromatic nitrogens is 2. The van der Waals surface area contributed by atoms with Crippen molar-refractivity contribution in [3.63, 3.8) is 0 Å². The molecule has 20 heavy (non-hydrogen) atoms. The maximum Gasteiger partial charge on any atom is 0.322 e. The first-order valence-corrected chi connectivity index (χ1v) is 4.88. The van der Waals surface area contributed by atoms with Crippen molar-refractivity contribution in [2.45, 2.75) is 0 Å². The van der Waals surface area contributed by atoms with E-state index in [9.17, 15) is 28.5 Å². The van der Waals surface area contributed by atoms with Crippen molar-refractivity contribution in [3.8, 4) is 0 Å². The van der Waals surface area contributed by atoms with Crippen LogP contribution in [0.25, 0.3) is 10.9 Å². The normalized spacial score (nSPS) is 11.8. The third-order valence-electron chi connectivity index (χ3n) is 2.40. The van der Waals surface area contributed by atoms with Crippen LogP contribution in [0.2, 0.25) is 0 Å². The van der Waals surface area contributed by atoms with E-state index in [0.717, 1.165) is 0 Å². The van der Waals surface area contributed by atoms with E-state index in [2.05, 4.69) is 5.16 Å². The van der Waals surface area contributed by atoms with Gasteiger partial charge in [0.05, 0.1) is 10.4 Å². The Hall–Kier alpha value is -3.11. The molecule has 0 atom stereocenters. The summed E-state index contributed by atoms with van der Waals surface area (Å²) >= 11 is 0. The number of hydrogen-bond donors (Lipinski definition) is 3. The van der Waals surface area contributed by atoms with E-state index >= 15 is 0 Å². The highest BCUT2D eigenvalue weighted by Crippen LogP contribution is 2.26. The zero-order valence-corrected chi connectivity index (χ0v) is 9.31. The second-order valence-electron chi connectivity index (χ2n) is 3.56. The van der Waals surface area contributed by atoms with Crippen LogP contribution in [0.15, 0.2) is 20.8 Å². The minimum absolute atomic E-state index is 0.412. The van der Waals surface area contributed by atoms with Crippen LogP contribution in [0.5, 0.6) is 0 Å². The molecule has 0 unspecified atom stereocenters. The van der Waals surface area contributed by atoms with Crippen LogP contribution in [0, 0.1) is 21.7 Å². The largest absolute Gasteiger partial charge is 0.409 e. The number of halogens is 2. The van der Waals surface area contributed by atoms with Gasteiger partial charge < -0.3 is 10.2 Å². The molecule has 0 saturated heterocycles. The Morgan fingerprint density at radius 1 is 1.25 bits per heavy atom. The van der Waals surface area contributed by atoms with Crippen LogP contribution in [0.4, 0.5) is 14.5 Å². The monoisotopic (exact) mass is 286 g/mol. The molecule has 0 aliphatic carbocycles. The number of nitrogens with one attached hydrogen (secondary N) is 2. The van der Waals surface area contributed by atoms with Crippen LogP contribution in [0.3, 0.4) is 0 Å². The molecular weight excluding hydrogens is 282 g/mol. The van der Waals surface area contributed by atoms with E-state index in [-0.39, 0.29) is 0 Å². The molecule has 104 valence electrons. The molecule has 0 bridgehead atoms. The zero-order chi connectivity index (χ0) is 15.0.